The zero-order valence-electron chi connectivity index (χ0n) is 13.5. The van der Waals surface area contributed by atoms with Gasteiger partial charge in [0, 0.05) is 38.2 Å². The van der Waals surface area contributed by atoms with Crippen LogP contribution in [0.4, 0.5) is 0 Å². The molecule has 10 heteroatoms. The van der Waals surface area contributed by atoms with Gasteiger partial charge < -0.3 is 4.98 Å². The molecule has 0 aliphatic carbocycles. The van der Waals surface area contributed by atoms with Crippen molar-refractivity contribution in [3.63, 3.8) is 0 Å². The average molecular weight is 381 g/mol. The summed E-state index contributed by atoms with van der Waals surface area (Å²) in [6, 6.07) is 5.12. The van der Waals surface area contributed by atoms with E-state index in [9.17, 15) is 8.42 Å². The summed E-state index contributed by atoms with van der Waals surface area (Å²) in [5.41, 5.74) is 0.503. The normalized spacial score (nSPS) is 20.3. The van der Waals surface area contributed by atoms with Crippen molar-refractivity contribution in [2.45, 2.75) is 11.1 Å². The van der Waals surface area contributed by atoms with Crippen molar-refractivity contribution in [2.24, 2.45) is 0 Å². The van der Waals surface area contributed by atoms with Crippen molar-refractivity contribution in [2.75, 3.05) is 26.7 Å². The largest absolute Gasteiger partial charge is 0.347 e. The molecule has 132 valence electrons. The first-order valence-corrected chi connectivity index (χ1v) is 9.62. The van der Waals surface area contributed by atoms with Crippen molar-refractivity contribution in [1.82, 2.24) is 28.6 Å². The zero-order chi connectivity index (χ0) is 17.6. The van der Waals surface area contributed by atoms with Crippen molar-refractivity contribution < 1.29 is 8.42 Å². The number of H-pyrrole nitrogens is 1. The van der Waals surface area contributed by atoms with Crippen molar-refractivity contribution in [1.29, 1.82) is 0 Å². The molecule has 0 bridgehead atoms. The second-order valence-corrected chi connectivity index (χ2v) is 8.18. The summed E-state index contributed by atoms with van der Waals surface area (Å²) in [5, 5.41) is -0.00723. The maximum Gasteiger partial charge on any atom is 0.262 e. The summed E-state index contributed by atoms with van der Waals surface area (Å²) in [4.78, 5) is 13.6. The van der Waals surface area contributed by atoms with Gasteiger partial charge in [-0.3, -0.25) is 9.30 Å². The Morgan fingerprint density at radius 3 is 2.92 bits per heavy atom. The first-order chi connectivity index (χ1) is 12.0. The average Bonchev–Trinajstić information content (AvgIpc) is 3.21. The third-order valence-electron chi connectivity index (χ3n) is 4.48. The molecule has 25 heavy (non-hydrogen) atoms. The minimum atomic E-state index is -3.79. The number of pyridine rings is 1. The Morgan fingerprint density at radius 1 is 1.32 bits per heavy atom. The maximum absolute atomic E-state index is 13.2. The molecule has 1 saturated heterocycles. The number of piperazine rings is 1. The number of nitrogens with one attached hydrogen (secondary N) is 1. The lowest BCUT2D eigenvalue weighted by atomic mass is 10.2. The van der Waals surface area contributed by atoms with E-state index in [0.29, 0.717) is 25.3 Å². The number of rotatable bonds is 3. The van der Waals surface area contributed by atoms with Gasteiger partial charge in [0.05, 0.1) is 6.04 Å². The molecule has 0 unspecified atom stereocenters. The van der Waals surface area contributed by atoms with E-state index in [4.69, 9.17) is 11.6 Å². The number of hydrogen-bond donors (Lipinski definition) is 1. The van der Waals surface area contributed by atoms with Gasteiger partial charge in [-0.1, -0.05) is 17.7 Å². The van der Waals surface area contributed by atoms with E-state index in [1.54, 1.807) is 36.8 Å². The van der Waals surface area contributed by atoms with Crippen LogP contribution in [0.15, 0.2) is 41.8 Å². The smallest absolute Gasteiger partial charge is 0.262 e. The van der Waals surface area contributed by atoms with Crippen molar-refractivity contribution in [3.05, 3.63) is 47.8 Å². The van der Waals surface area contributed by atoms with E-state index < -0.39 is 10.0 Å². The Morgan fingerprint density at radius 2 is 2.16 bits per heavy atom. The third kappa shape index (κ3) is 2.73. The SMILES string of the molecule is CN1CCN(S(=O)(=O)c2c(Cl)nc3ccccn23)C[C@H]1c1ncc[nH]1. The Labute approximate surface area is 150 Å². The third-order valence-corrected chi connectivity index (χ3v) is 6.74. The van der Waals surface area contributed by atoms with Gasteiger partial charge >= 0.3 is 0 Å². The predicted molar refractivity (Wildman–Crippen MR) is 92.9 cm³/mol. The summed E-state index contributed by atoms with van der Waals surface area (Å²) >= 11 is 6.17. The lowest BCUT2D eigenvalue weighted by Crippen LogP contribution is -2.49. The quantitative estimate of drug-likeness (QED) is 0.742. The van der Waals surface area contributed by atoms with Gasteiger partial charge in [0.25, 0.3) is 10.0 Å². The standard InChI is InChI=1S/C15H17ClN6O2S/c1-20-8-9-21(10-11(20)14-17-5-6-18-14)25(23,24)15-13(16)19-12-4-2-3-7-22(12)15/h2-7,11H,8-10H2,1H3,(H,17,18)/t11-/m0/s1. The molecule has 3 aromatic heterocycles. The number of nitrogens with zero attached hydrogens (tertiary/aromatic N) is 5. The summed E-state index contributed by atoms with van der Waals surface area (Å²) in [7, 11) is -1.83. The van der Waals surface area contributed by atoms with E-state index in [1.807, 2.05) is 7.05 Å². The molecule has 0 spiro atoms. The molecule has 0 saturated carbocycles. The zero-order valence-corrected chi connectivity index (χ0v) is 15.1. The molecule has 1 atom stereocenters. The summed E-state index contributed by atoms with van der Waals surface area (Å²) < 4.78 is 29.4. The Kier molecular flexibility index (Phi) is 4.03. The van der Waals surface area contributed by atoms with Crippen molar-refractivity contribution in [3.8, 4) is 0 Å². The van der Waals surface area contributed by atoms with Gasteiger partial charge in [0.1, 0.15) is 11.5 Å². The highest BCUT2D eigenvalue weighted by Crippen LogP contribution is 2.29. The highest BCUT2D eigenvalue weighted by molar-refractivity contribution is 7.89. The van der Waals surface area contributed by atoms with Crippen LogP contribution in [0.1, 0.15) is 11.9 Å². The number of fused-ring (bicyclic) bond motifs is 1. The van der Waals surface area contributed by atoms with Crippen molar-refractivity contribution >= 4 is 27.3 Å². The topological polar surface area (TPSA) is 86.6 Å². The van der Waals surface area contributed by atoms with Crippen LogP contribution in [0, 0.1) is 0 Å². The van der Waals surface area contributed by atoms with E-state index in [2.05, 4.69) is 19.9 Å². The van der Waals surface area contributed by atoms with Gasteiger partial charge in [0.15, 0.2) is 10.2 Å². The number of sulfonamides is 1. The minimum absolute atomic E-state index is 0.00696. The fourth-order valence-corrected chi connectivity index (χ4v) is 5.16. The second kappa shape index (κ2) is 6.10. The fourth-order valence-electron chi connectivity index (χ4n) is 3.12. The number of imidazole rings is 2. The number of aromatic amines is 1. The van der Waals surface area contributed by atoms with Gasteiger partial charge in [-0.25, -0.2) is 18.4 Å². The van der Waals surface area contributed by atoms with E-state index in [0.717, 1.165) is 5.82 Å². The van der Waals surface area contributed by atoms with Gasteiger partial charge in [-0.05, 0) is 19.2 Å². The molecule has 4 rings (SSSR count). The van der Waals surface area contributed by atoms with Gasteiger partial charge in [-0.15, -0.1) is 0 Å². The Bertz CT molecular complexity index is 1000. The van der Waals surface area contributed by atoms with E-state index in [-0.39, 0.29) is 16.2 Å². The molecular formula is C15H17ClN6O2S. The molecule has 0 radical (unpaired) electrons. The monoisotopic (exact) mass is 380 g/mol. The van der Waals surface area contributed by atoms with Crippen LogP contribution in [0.25, 0.3) is 5.65 Å². The molecule has 1 N–H and O–H groups in total. The first-order valence-electron chi connectivity index (χ1n) is 7.81. The molecule has 0 amide bonds. The second-order valence-electron chi connectivity index (χ2n) is 5.97. The van der Waals surface area contributed by atoms with Gasteiger partial charge in [0.2, 0.25) is 0 Å². The molecule has 4 heterocycles. The number of halogens is 1. The molecule has 1 aliphatic rings. The Balaban J connectivity index is 1.74. The molecule has 3 aromatic rings. The van der Waals surface area contributed by atoms with Crippen LogP contribution in [0.2, 0.25) is 5.15 Å². The maximum atomic E-state index is 13.2. The lowest BCUT2D eigenvalue weighted by molar-refractivity contribution is 0.142. The Hall–Kier alpha value is -1.94. The number of aromatic nitrogens is 4. The highest BCUT2D eigenvalue weighted by Gasteiger charge is 2.37. The molecule has 8 nitrogen and oxygen atoms in total. The number of likely N-dealkylation sites (N-methyl/N-ethyl adjacent to an activating group) is 1. The summed E-state index contributed by atoms with van der Waals surface area (Å²) in [6.45, 7) is 1.27. The van der Waals surface area contributed by atoms with Crippen LogP contribution >= 0.6 is 11.6 Å². The minimum Gasteiger partial charge on any atom is -0.347 e. The fraction of sp³-hybridized carbons (Fsp3) is 0.333. The van der Waals surface area contributed by atoms with Crippen LogP contribution in [0.3, 0.4) is 0 Å². The van der Waals surface area contributed by atoms with Crippen LogP contribution in [-0.2, 0) is 10.0 Å². The summed E-state index contributed by atoms with van der Waals surface area (Å²) in [5.74, 6) is 0.742. The molecule has 0 aromatic carbocycles. The van der Waals surface area contributed by atoms with Crippen LogP contribution in [0.5, 0.6) is 0 Å². The van der Waals surface area contributed by atoms with E-state index in [1.165, 1.54) is 8.71 Å². The predicted octanol–water partition coefficient (Wildman–Crippen LogP) is 1.39. The van der Waals surface area contributed by atoms with Crippen LogP contribution < -0.4 is 0 Å². The van der Waals surface area contributed by atoms with Crippen LogP contribution in [-0.4, -0.2) is 63.7 Å². The summed E-state index contributed by atoms with van der Waals surface area (Å²) in [6.07, 6.45) is 5.05. The molecule has 1 fully saturated rings. The van der Waals surface area contributed by atoms with Gasteiger partial charge in [-0.2, -0.15) is 4.31 Å². The van der Waals surface area contributed by atoms with E-state index >= 15 is 0 Å². The lowest BCUT2D eigenvalue weighted by Gasteiger charge is -2.37. The molecular weight excluding hydrogens is 364 g/mol. The first kappa shape index (κ1) is 16.5. The molecule has 1 aliphatic heterocycles. The number of hydrogen-bond acceptors (Lipinski definition) is 5. The highest BCUT2D eigenvalue weighted by atomic mass is 35.5.